The minimum Gasteiger partial charge on any atom is -0.370 e. The Hall–Kier alpha value is -2.10. The van der Waals surface area contributed by atoms with Gasteiger partial charge in [0.25, 0.3) is 5.91 Å². The van der Waals surface area contributed by atoms with E-state index < -0.39 is 5.91 Å². The van der Waals surface area contributed by atoms with E-state index in [1.807, 2.05) is 32.0 Å². The molecular weight excluding hydrogens is 202 g/mol. The molecule has 4 nitrogen and oxygen atoms in total. The molecule has 84 valence electrons. The van der Waals surface area contributed by atoms with E-state index in [4.69, 9.17) is 11.1 Å². The number of guanidine groups is 1. The van der Waals surface area contributed by atoms with Crippen LogP contribution in [0, 0.1) is 19.3 Å². The standard InChI is InChI=1S/C12H15N3O/c1-8-3-4-9(2)10(7-8)5-6-11(16)15-12(13)14/h3-7H,1-2H3,(H4,13,14,15,16)/b6-5+. The minimum absolute atomic E-state index is 0.351. The number of carbonyl (C=O) groups excluding carboxylic acids is 1. The largest absolute Gasteiger partial charge is 0.370 e. The van der Waals surface area contributed by atoms with Crippen LogP contribution in [-0.4, -0.2) is 11.9 Å². The van der Waals surface area contributed by atoms with Gasteiger partial charge in [-0.1, -0.05) is 23.8 Å². The van der Waals surface area contributed by atoms with E-state index in [0.717, 1.165) is 16.7 Å². The zero-order valence-corrected chi connectivity index (χ0v) is 9.37. The highest BCUT2D eigenvalue weighted by Crippen LogP contribution is 2.11. The summed E-state index contributed by atoms with van der Waals surface area (Å²) in [6, 6.07) is 6.01. The molecule has 0 bridgehead atoms. The van der Waals surface area contributed by atoms with Crippen molar-refractivity contribution in [3.05, 3.63) is 41.0 Å². The third kappa shape index (κ3) is 3.57. The van der Waals surface area contributed by atoms with E-state index in [1.54, 1.807) is 6.08 Å². The molecule has 0 aliphatic rings. The third-order valence-electron chi connectivity index (χ3n) is 2.11. The maximum absolute atomic E-state index is 11.2. The number of nitrogens with two attached hydrogens (primary N) is 1. The molecule has 0 saturated carbocycles. The number of nitrogens with one attached hydrogen (secondary N) is 2. The summed E-state index contributed by atoms with van der Waals surface area (Å²) in [6.07, 6.45) is 3.07. The van der Waals surface area contributed by atoms with Crippen molar-refractivity contribution in [2.24, 2.45) is 5.73 Å². The number of hydrogen-bond donors (Lipinski definition) is 3. The average molecular weight is 217 g/mol. The molecule has 1 aromatic carbocycles. The van der Waals surface area contributed by atoms with Crippen LogP contribution < -0.4 is 11.1 Å². The van der Waals surface area contributed by atoms with E-state index in [-0.39, 0.29) is 5.96 Å². The van der Waals surface area contributed by atoms with Crippen LogP contribution in [0.3, 0.4) is 0 Å². The Balaban J connectivity index is 2.79. The Kier molecular flexibility index (Phi) is 3.83. The fourth-order valence-corrected chi connectivity index (χ4v) is 1.28. The second-order valence-corrected chi connectivity index (χ2v) is 3.60. The molecule has 1 rings (SSSR count). The predicted molar refractivity (Wildman–Crippen MR) is 65.0 cm³/mol. The van der Waals surface area contributed by atoms with E-state index in [0.29, 0.717) is 0 Å². The zero-order chi connectivity index (χ0) is 12.1. The van der Waals surface area contributed by atoms with Crippen LogP contribution in [-0.2, 0) is 4.79 Å². The number of hydrogen-bond acceptors (Lipinski definition) is 2. The summed E-state index contributed by atoms with van der Waals surface area (Å²) in [5, 5.41) is 9.08. The Morgan fingerprint density at radius 2 is 2.12 bits per heavy atom. The van der Waals surface area contributed by atoms with Crippen molar-refractivity contribution >= 4 is 17.9 Å². The van der Waals surface area contributed by atoms with Crippen LogP contribution >= 0.6 is 0 Å². The van der Waals surface area contributed by atoms with Crippen molar-refractivity contribution in [3.63, 3.8) is 0 Å². The molecule has 0 fully saturated rings. The summed E-state index contributed by atoms with van der Waals surface area (Å²) >= 11 is 0. The van der Waals surface area contributed by atoms with Crippen molar-refractivity contribution < 1.29 is 4.79 Å². The lowest BCUT2D eigenvalue weighted by Crippen LogP contribution is -2.34. The first-order valence-corrected chi connectivity index (χ1v) is 4.89. The van der Waals surface area contributed by atoms with E-state index >= 15 is 0 Å². The van der Waals surface area contributed by atoms with Gasteiger partial charge in [0, 0.05) is 6.08 Å². The Morgan fingerprint density at radius 3 is 2.75 bits per heavy atom. The molecule has 1 amide bonds. The van der Waals surface area contributed by atoms with Gasteiger partial charge < -0.3 is 5.73 Å². The summed E-state index contributed by atoms with van der Waals surface area (Å²) in [6.45, 7) is 3.97. The molecule has 0 unspecified atom stereocenters. The summed E-state index contributed by atoms with van der Waals surface area (Å²) in [7, 11) is 0. The zero-order valence-electron chi connectivity index (χ0n) is 9.37. The molecule has 0 spiro atoms. The van der Waals surface area contributed by atoms with E-state index in [1.165, 1.54) is 6.08 Å². The lowest BCUT2D eigenvalue weighted by molar-refractivity contribution is -0.115. The maximum Gasteiger partial charge on any atom is 0.250 e. The predicted octanol–water partition coefficient (Wildman–Crippen LogP) is 1.33. The third-order valence-corrected chi connectivity index (χ3v) is 2.11. The van der Waals surface area contributed by atoms with Crippen molar-refractivity contribution in [2.75, 3.05) is 0 Å². The van der Waals surface area contributed by atoms with Gasteiger partial charge in [0.1, 0.15) is 0 Å². The Morgan fingerprint density at radius 1 is 1.44 bits per heavy atom. The molecule has 0 radical (unpaired) electrons. The minimum atomic E-state index is -0.395. The molecule has 0 aliphatic heterocycles. The highest BCUT2D eigenvalue weighted by molar-refractivity contribution is 6.02. The summed E-state index contributed by atoms with van der Waals surface area (Å²) in [5.41, 5.74) is 8.25. The quantitative estimate of drug-likeness (QED) is 0.397. The summed E-state index contributed by atoms with van der Waals surface area (Å²) < 4.78 is 0. The molecule has 0 atom stereocenters. The van der Waals surface area contributed by atoms with Gasteiger partial charge in [-0.25, -0.2) is 0 Å². The van der Waals surface area contributed by atoms with Crippen LogP contribution in [0.1, 0.15) is 16.7 Å². The first-order valence-electron chi connectivity index (χ1n) is 4.89. The molecule has 16 heavy (non-hydrogen) atoms. The second kappa shape index (κ2) is 5.11. The molecule has 0 heterocycles. The van der Waals surface area contributed by atoms with Crippen LogP contribution in [0.2, 0.25) is 0 Å². The molecule has 0 saturated heterocycles. The first kappa shape index (κ1) is 12.0. The number of amides is 1. The van der Waals surface area contributed by atoms with Gasteiger partial charge in [-0.2, -0.15) is 0 Å². The van der Waals surface area contributed by atoms with Gasteiger partial charge in [-0.05, 0) is 31.1 Å². The van der Waals surface area contributed by atoms with Crippen molar-refractivity contribution in [1.82, 2.24) is 5.32 Å². The van der Waals surface area contributed by atoms with E-state index in [9.17, 15) is 4.79 Å². The van der Waals surface area contributed by atoms with Crippen molar-refractivity contribution in [3.8, 4) is 0 Å². The maximum atomic E-state index is 11.2. The monoisotopic (exact) mass is 217 g/mol. The van der Waals surface area contributed by atoms with Gasteiger partial charge >= 0.3 is 0 Å². The van der Waals surface area contributed by atoms with Crippen LogP contribution in [0.5, 0.6) is 0 Å². The lowest BCUT2D eigenvalue weighted by Gasteiger charge is -2.01. The molecule has 1 aromatic rings. The topological polar surface area (TPSA) is 79.0 Å². The van der Waals surface area contributed by atoms with Gasteiger partial charge in [-0.3, -0.25) is 15.5 Å². The molecule has 0 aliphatic carbocycles. The second-order valence-electron chi connectivity index (χ2n) is 3.60. The van der Waals surface area contributed by atoms with Gasteiger partial charge in [-0.15, -0.1) is 0 Å². The Labute approximate surface area is 94.7 Å². The molecule has 4 heteroatoms. The van der Waals surface area contributed by atoms with Crippen LogP contribution in [0.25, 0.3) is 6.08 Å². The molecular formula is C12H15N3O. The van der Waals surface area contributed by atoms with Crippen molar-refractivity contribution in [2.45, 2.75) is 13.8 Å². The number of benzene rings is 1. The SMILES string of the molecule is Cc1ccc(C)c(/C=C/C(=O)NC(=N)N)c1. The number of aryl methyl sites for hydroxylation is 2. The molecule has 0 aromatic heterocycles. The smallest absolute Gasteiger partial charge is 0.250 e. The highest BCUT2D eigenvalue weighted by atomic mass is 16.1. The fourth-order valence-electron chi connectivity index (χ4n) is 1.28. The number of carbonyl (C=O) groups is 1. The summed E-state index contributed by atoms with van der Waals surface area (Å²) in [5.74, 6) is -0.746. The molecule has 4 N–H and O–H groups in total. The van der Waals surface area contributed by atoms with Gasteiger partial charge in [0.15, 0.2) is 5.96 Å². The van der Waals surface area contributed by atoms with Crippen LogP contribution in [0.15, 0.2) is 24.3 Å². The van der Waals surface area contributed by atoms with Gasteiger partial charge in [0.2, 0.25) is 0 Å². The summed E-state index contributed by atoms with van der Waals surface area (Å²) in [4.78, 5) is 11.2. The number of rotatable bonds is 2. The van der Waals surface area contributed by atoms with Crippen LogP contribution in [0.4, 0.5) is 0 Å². The fraction of sp³-hybridized carbons (Fsp3) is 0.167. The Bertz CT molecular complexity index is 450. The highest BCUT2D eigenvalue weighted by Gasteiger charge is 1.98. The lowest BCUT2D eigenvalue weighted by atomic mass is 10.1. The average Bonchev–Trinajstić information content (AvgIpc) is 2.18. The van der Waals surface area contributed by atoms with Gasteiger partial charge in [0.05, 0.1) is 0 Å². The van der Waals surface area contributed by atoms with E-state index in [2.05, 4.69) is 5.32 Å². The normalized spacial score (nSPS) is 10.4. The first-order chi connectivity index (χ1) is 7.49. The van der Waals surface area contributed by atoms with Crippen molar-refractivity contribution in [1.29, 1.82) is 5.41 Å².